The molecular weight excluding hydrogens is 604 g/mol. The summed E-state index contributed by atoms with van der Waals surface area (Å²) < 4.78 is 56.0. The van der Waals surface area contributed by atoms with Gasteiger partial charge in [-0.1, -0.05) is 23.7 Å². The van der Waals surface area contributed by atoms with Crippen LogP contribution in [0.5, 0.6) is 0 Å². The fourth-order valence-electron chi connectivity index (χ4n) is 4.91. The Labute approximate surface area is 253 Å². The van der Waals surface area contributed by atoms with Crippen LogP contribution < -0.4 is 15.4 Å². The van der Waals surface area contributed by atoms with Crippen molar-refractivity contribution < 1.29 is 31.9 Å². The number of piperidine rings is 1. The first-order valence-electron chi connectivity index (χ1n) is 13.5. The van der Waals surface area contributed by atoms with Crippen molar-refractivity contribution in [1.82, 2.24) is 19.9 Å². The number of aliphatic hydroxyl groups excluding tert-OH is 1. The van der Waals surface area contributed by atoms with Gasteiger partial charge >= 0.3 is 0 Å². The number of carbonyl (C=O) groups is 2. The normalized spacial score (nSPS) is 15.6. The third-order valence-corrected chi connectivity index (χ3v) is 9.20. The zero-order valence-electron chi connectivity index (χ0n) is 23.7. The van der Waals surface area contributed by atoms with Gasteiger partial charge in [0.1, 0.15) is 22.7 Å². The number of sulfonamides is 1. The Bertz CT molecular complexity index is 1610. The molecule has 0 bridgehead atoms. The van der Waals surface area contributed by atoms with Gasteiger partial charge in [0.15, 0.2) is 5.03 Å². The number of aromatic nitrogens is 1. The number of carbonyl (C=O) groups excluding carboxylic acids is 2. The third kappa shape index (κ3) is 7.29. The fraction of sp³-hybridized carbons (Fsp3) is 0.345. The van der Waals surface area contributed by atoms with E-state index in [0.717, 1.165) is 11.8 Å². The van der Waals surface area contributed by atoms with Crippen molar-refractivity contribution in [3.63, 3.8) is 0 Å². The molecule has 43 heavy (non-hydrogen) atoms. The lowest BCUT2D eigenvalue weighted by atomic mass is 9.89. The van der Waals surface area contributed by atoms with Gasteiger partial charge < -0.3 is 20.6 Å². The van der Waals surface area contributed by atoms with E-state index in [2.05, 4.69) is 20.3 Å². The van der Waals surface area contributed by atoms with Gasteiger partial charge in [0, 0.05) is 32.0 Å². The van der Waals surface area contributed by atoms with Crippen molar-refractivity contribution >= 4 is 44.8 Å². The molecule has 2 amide bonds. The van der Waals surface area contributed by atoms with Gasteiger partial charge in [-0.05, 0) is 74.1 Å². The van der Waals surface area contributed by atoms with Gasteiger partial charge in [-0.2, -0.15) is 4.72 Å². The van der Waals surface area contributed by atoms with Gasteiger partial charge in [0.2, 0.25) is 5.91 Å². The average molecular weight is 636 g/mol. The lowest BCUT2D eigenvalue weighted by Crippen LogP contribution is -2.51. The summed E-state index contributed by atoms with van der Waals surface area (Å²) in [4.78, 5) is 31.6. The SMILES string of the molecule is CNC(=O)[C@@H](NS(=O)(=O)c1ncc(C(=O)N2CCC(c3ccc(F)cc3)CC2)c(Nc2ccc(F)cc2C)c1Cl)[C@@H](C)O. The van der Waals surface area contributed by atoms with Gasteiger partial charge in [0.25, 0.3) is 15.9 Å². The topological polar surface area (TPSA) is 141 Å². The minimum Gasteiger partial charge on any atom is -0.391 e. The van der Waals surface area contributed by atoms with Crippen LogP contribution in [0.25, 0.3) is 0 Å². The summed E-state index contributed by atoms with van der Waals surface area (Å²) in [5.74, 6) is -1.93. The van der Waals surface area contributed by atoms with Crippen LogP contribution in [-0.4, -0.2) is 67.5 Å². The largest absolute Gasteiger partial charge is 0.391 e. The predicted octanol–water partition coefficient (Wildman–Crippen LogP) is 3.86. The van der Waals surface area contributed by atoms with Crippen molar-refractivity contribution in [2.75, 3.05) is 25.5 Å². The molecule has 1 aromatic heterocycles. The second kappa shape index (κ2) is 13.3. The van der Waals surface area contributed by atoms with Crippen LogP contribution in [0.15, 0.2) is 53.7 Å². The monoisotopic (exact) mass is 635 g/mol. The highest BCUT2D eigenvalue weighted by atomic mass is 35.5. The maximum absolute atomic E-state index is 13.8. The highest BCUT2D eigenvalue weighted by molar-refractivity contribution is 7.89. The number of aliphatic hydroxyl groups is 1. The van der Waals surface area contributed by atoms with Crippen LogP contribution in [-0.2, 0) is 14.8 Å². The minimum atomic E-state index is -4.60. The Balaban J connectivity index is 1.69. The Morgan fingerprint density at radius 3 is 2.30 bits per heavy atom. The number of pyridine rings is 1. The molecule has 2 aromatic carbocycles. The molecule has 4 N–H and O–H groups in total. The van der Waals surface area contributed by atoms with Crippen LogP contribution in [0, 0.1) is 18.6 Å². The van der Waals surface area contributed by atoms with Crippen molar-refractivity contribution in [3.8, 4) is 0 Å². The van der Waals surface area contributed by atoms with Gasteiger partial charge in [-0.15, -0.1) is 0 Å². The quantitative estimate of drug-likeness (QED) is 0.280. The number of benzene rings is 2. The molecule has 0 aliphatic carbocycles. The van der Waals surface area contributed by atoms with E-state index in [0.29, 0.717) is 37.2 Å². The molecule has 4 rings (SSSR count). The number of amides is 2. The van der Waals surface area contributed by atoms with Crippen LogP contribution in [0.2, 0.25) is 5.02 Å². The van der Waals surface area contributed by atoms with E-state index in [-0.39, 0.29) is 23.0 Å². The molecule has 3 aromatic rings. The number of likely N-dealkylation sites (N-methyl/N-ethyl adjacent to an activating group) is 1. The Kier molecular flexibility index (Phi) is 10.0. The minimum absolute atomic E-state index is 0.0220. The van der Waals surface area contributed by atoms with Crippen molar-refractivity contribution in [2.45, 2.75) is 49.8 Å². The zero-order chi connectivity index (χ0) is 31.5. The van der Waals surface area contributed by atoms with Gasteiger partial charge in [-0.25, -0.2) is 22.2 Å². The summed E-state index contributed by atoms with van der Waals surface area (Å²) in [7, 11) is -3.31. The number of aryl methyl sites for hydroxylation is 1. The van der Waals surface area contributed by atoms with Crippen molar-refractivity contribution in [3.05, 3.63) is 82.0 Å². The highest BCUT2D eigenvalue weighted by Gasteiger charge is 2.34. The number of anilines is 2. The molecule has 1 fully saturated rings. The summed E-state index contributed by atoms with van der Waals surface area (Å²) in [6, 6.07) is 8.59. The summed E-state index contributed by atoms with van der Waals surface area (Å²) in [5.41, 5.74) is 1.70. The van der Waals surface area contributed by atoms with Crippen LogP contribution in [0.1, 0.15) is 47.2 Å². The molecule has 1 aliphatic heterocycles. The lowest BCUT2D eigenvalue weighted by molar-refractivity contribution is -0.124. The average Bonchev–Trinajstić information content (AvgIpc) is 2.97. The first-order valence-corrected chi connectivity index (χ1v) is 15.4. The van der Waals surface area contributed by atoms with E-state index >= 15 is 0 Å². The summed E-state index contributed by atoms with van der Waals surface area (Å²) in [6.07, 6.45) is 0.920. The number of nitrogens with one attached hydrogen (secondary N) is 3. The maximum Gasteiger partial charge on any atom is 0.260 e. The molecule has 0 saturated carbocycles. The van der Waals surface area contributed by atoms with Crippen LogP contribution >= 0.6 is 11.6 Å². The van der Waals surface area contributed by atoms with E-state index in [1.54, 1.807) is 24.0 Å². The molecule has 0 radical (unpaired) electrons. The number of likely N-dealkylation sites (tertiary alicyclic amines) is 1. The van der Waals surface area contributed by atoms with Crippen LogP contribution in [0.3, 0.4) is 0 Å². The number of nitrogens with zero attached hydrogens (tertiary/aromatic N) is 2. The molecule has 14 heteroatoms. The fourth-order valence-corrected chi connectivity index (χ4v) is 6.70. The third-order valence-electron chi connectivity index (χ3n) is 7.34. The predicted molar refractivity (Wildman–Crippen MR) is 158 cm³/mol. The van der Waals surface area contributed by atoms with E-state index in [1.165, 1.54) is 44.3 Å². The Hall–Kier alpha value is -3.65. The molecule has 1 saturated heterocycles. The van der Waals surface area contributed by atoms with Crippen molar-refractivity contribution in [2.24, 2.45) is 0 Å². The molecular formula is C29H32ClF2N5O5S. The molecule has 2 atom stereocenters. The van der Waals surface area contributed by atoms with E-state index in [4.69, 9.17) is 11.6 Å². The Morgan fingerprint density at radius 2 is 1.72 bits per heavy atom. The standard InChI is InChI=1S/C29H32ClF2N5O5S/c1-16-14-21(32)8-9-23(16)35-26-22(29(40)37-12-10-19(11-13-37)18-4-6-20(31)7-5-18)15-34-28(24(26)30)43(41,42)36-25(17(2)38)27(39)33-3/h4-9,14-15,17,19,25,36,38H,10-13H2,1-3H3,(H,33,39)(H,34,35)/t17-,25+/m1/s1. The summed E-state index contributed by atoms with van der Waals surface area (Å²) in [6.45, 7) is 3.61. The zero-order valence-corrected chi connectivity index (χ0v) is 25.3. The maximum atomic E-state index is 13.8. The summed E-state index contributed by atoms with van der Waals surface area (Å²) >= 11 is 6.62. The number of halogens is 3. The highest BCUT2D eigenvalue weighted by Crippen LogP contribution is 2.36. The second-order valence-corrected chi connectivity index (χ2v) is 12.3. The van der Waals surface area contributed by atoms with E-state index < -0.39 is 49.8 Å². The van der Waals surface area contributed by atoms with E-state index in [1.807, 2.05) is 0 Å². The van der Waals surface area contributed by atoms with Gasteiger partial charge in [-0.3, -0.25) is 9.59 Å². The molecule has 230 valence electrons. The smallest absolute Gasteiger partial charge is 0.260 e. The molecule has 1 aliphatic rings. The lowest BCUT2D eigenvalue weighted by Gasteiger charge is -2.33. The van der Waals surface area contributed by atoms with Crippen molar-refractivity contribution in [1.29, 1.82) is 0 Å². The first-order chi connectivity index (χ1) is 20.3. The number of hydrogen-bond acceptors (Lipinski definition) is 7. The molecule has 0 spiro atoms. The number of hydrogen-bond donors (Lipinski definition) is 4. The van der Waals surface area contributed by atoms with Gasteiger partial charge in [0.05, 0.1) is 17.4 Å². The summed E-state index contributed by atoms with van der Waals surface area (Å²) in [5, 5.41) is 14.1. The van der Waals surface area contributed by atoms with Crippen LogP contribution in [0.4, 0.5) is 20.2 Å². The molecule has 0 unspecified atom stereocenters. The van der Waals surface area contributed by atoms with E-state index in [9.17, 15) is 31.9 Å². The number of rotatable bonds is 9. The Morgan fingerprint density at radius 1 is 1.09 bits per heavy atom. The first kappa shape index (κ1) is 32.3. The second-order valence-electron chi connectivity index (χ2n) is 10.3. The molecule has 10 nitrogen and oxygen atoms in total. The molecule has 2 heterocycles.